The number of carboxylic acid groups (broad SMARTS) is 1. The summed E-state index contributed by atoms with van der Waals surface area (Å²) in [5.41, 5.74) is 5.17. The highest BCUT2D eigenvalue weighted by Gasteiger charge is 2.29. The molecule has 0 radical (unpaired) electrons. The van der Waals surface area contributed by atoms with Gasteiger partial charge in [0.1, 0.15) is 6.61 Å². The number of fused-ring (bicyclic) bond motifs is 4. The van der Waals surface area contributed by atoms with E-state index in [0.29, 0.717) is 5.56 Å². The molecule has 6 nitrogen and oxygen atoms in total. The molecule has 4 aromatic rings. The molecule has 1 heterocycles. The Hall–Kier alpha value is -4.19. The second-order valence-corrected chi connectivity index (χ2v) is 8.07. The number of alkyl carbamates (subject to hydrolysis) is 1. The molecule has 1 aromatic heterocycles. The predicted octanol–water partition coefficient (Wildman–Crippen LogP) is 5.29. The van der Waals surface area contributed by atoms with Crippen LogP contribution in [-0.4, -0.2) is 28.8 Å². The van der Waals surface area contributed by atoms with Crippen LogP contribution in [0, 0.1) is 0 Å². The van der Waals surface area contributed by atoms with Gasteiger partial charge < -0.3 is 15.2 Å². The topological polar surface area (TPSA) is 88.5 Å². The molecule has 6 heteroatoms. The van der Waals surface area contributed by atoms with E-state index in [-0.39, 0.29) is 18.9 Å². The summed E-state index contributed by atoms with van der Waals surface area (Å²) < 4.78 is 5.62. The van der Waals surface area contributed by atoms with Crippen LogP contribution in [0.25, 0.3) is 21.9 Å². The molecular formula is C27H22N2O4. The van der Waals surface area contributed by atoms with Crippen molar-refractivity contribution in [3.05, 3.63) is 102 Å². The van der Waals surface area contributed by atoms with E-state index in [4.69, 9.17) is 4.74 Å². The molecule has 0 spiro atoms. The van der Waals surface area contributed by atoms with Crippen LogP contribution in [0.2, 0.25) is 0 Å². The minimum absolute atomic E-state index is 0.0692. The lowest BCUT2D eigenvalue weighted by molar-refractivity contribution is -0.137. The van der Waals surface area contributed by atoms with E-state index in [0.717, 1.165) is 33.0 Å². The summed E-state index contributed by atoms with van der Waals surface area (Å²) in [6.07, 6.45) is 2.37. The van der Waals surface area contributed by atoms with Crippen molar-refractivity contribution in [1.82, 2.24) is 10.3 Å². The van der Waals surface area contributed by atoms with Crippen molar-refractivity contribution in [3.63, 3.8) is 0 Å². The fraction of sp³-hybridized carbons (Fsp3) is 0.148. The maximum Gasteiger partial charge on any atom is 0.407 e. The summed E-state index contributed by atoms with van der Waals surface area (Å²) in [6.45, 7) is 0.160. The maximum absolute atomic E-state index is 12.8. The third-order valence-electron chi connectivity index (χ3n) is 6.09. The monoisotopic (exact) mass is 438 g/mol. The number of benzene rings is 3. The predicted molar refractivity (Wildman–Crippen MR) is 125 cm³/mol. The minimum atomic E-state index is -1.02. The fourth-order valence-electron chi connectivity index (χ4n) is 4.61. The maximum atomic E-state index is 12.8. The van der Waals surface area contributed by atoms with E-state index in [9.17, 15) is 14.7 Å². The van der Waals surface area contributed by atoms with Crippen LogP contribution in [0.4, 0.5) is 4.79 Å². The normalized spacial score (nSPS) is 13.2. The number of pyridine rings is 1. The number of aliphatic carboxylic acids is 1. The Kier molecular flexibility index (Phi) is 5.48. The molecule has 5 rings (SSSR count). The van der Waals surface area contributed by atoms with Crippen molar-refractivity contribution in [2.45, 2.75) is 18.4 Å². The van der Waals surface area contributed by atoms with E-state index in [1.165, 1.54) is 0 Å². The summed E-state index contributed by atoms with van der Waals surface area (Å²) in [7, 11) is 0. The van der Waals surface area contributed by atoms with E-state index < -0.39 is 18.1 Å². The summed E-state index contributed by atoms with van der Waals surface area (Å²) in [4.78, 5) is 28.5. The number of ether oxygens (including phenoxy) is 1. The smallest absolute Gasteiger partial charge is 0.407 e. The number of hydrogen-bond donors (Lipinski definition) is 2. The van der Waals surface area contributed by atoms with Crippen molar-refractivity contribution >= 4 is 22.8 Å². The second kappa shape index (κ2) is 8.74. The number of hydrogen-bond acceptors (Lipinski definition) is 4. The average molecular weight is 438 g/mol. The molecule has 1 unspecified atom stereocenters. The van der Waals surface area contributed by atoms with Crippen molar-refractivity contribution < 1.29 is 19.4 Å². The highest BCUT2D eigenvalue weighted by molar-refractivity contribution is 5.86. The highest BCUT2D eigenvalue weighted by atomic mass is 16.5. The number of nitrogens with zero attached hydrogens (tertiary/aromatic N) is 1. The van der Waals surface area contributed by atoms with Crippen LogP contribution in [0.5, 0.6) is 0 Å². The Bertz CT molecular complexity index is 1300. The molecule has 2 N–H and O–H groups in total. The van der Waals surface area contributed by atoms with Crippen molar-refractivity contribution in [1.29, 1.82) is 0 Å². The zero-order valence-electron chi connectivity index (χ0n) is 17.8. The number of rotatable bonds is 6. The van der Waals surface area contributed by atoms with Crippen molar-refractivity contribution in [2.24, 2.45) is 0 Å². The van der Waals surface area contributed by atoms with Crippen LogP contribution >= 0.6 is 0 Å². The fourth-order valence-corrected chi connectivity index (χ4v) is 4.61. The van der Waals surface area contributed by atoms with Crippen LogP contribution in [-0.2, 0) is 9.53 Å². The summed E-state index contributed by atoms with van der Waals surface area (Å²) in [5.74, 6) is -1.09. The van der Waals surface area contributed by atoms with Gasteiger partial charge in [-0.1, -0.05) is 72.8 Å². The highest BCUT2D eigenvalue weighted by Crippen LogP contribution is 2.44. The summed E-state index contributed by atoms with van der Waals surface area (Å²) in [6, 6.07) is 23.0. The summed E-state index contributed by atoms with van der Waals surface area (Å²) >= 11 is 0. The first kappa shape index (κ1) is 20.7. The number of carbonyl (C=O) groups excluding carboxylic acids is 1. The first-order valence-electron chi connectivity index (χ1n) is 10.8. The number of amides is 1. The SMILES string of the molecule is O=C(O)CC(NC(=O)OCC1c2ccccc2-c2ccccc21)c1cncc2ccccc12. The number of nitrogens with one attached hydrogen (secondary N) is 1. The molecule has 0 aliphatic heterocycles. The molecule has 0 bridgehead atoms. The van der Waals surface area contributed by atoms with Crippen LogP contribution in [0.15, 0.2) is 85.2 Å². The standard InChI is InChI=1S/C27H22N2O4/c30-26(31)13-25(23-15-28-14-17-7-1-2-8-18(17)23)29-27(32)33-16-24-21-11-5-3-9-19(21)20-10-4-6-12-22(20)24/h1-12,14-15,24-25H,13,16H2,(H,29,32)(H,30,31). The lowest BCUT2D eigenvalue weighted by Crippen LogP contribution is -2.32. The average Bonchev–Trinajstić information content (AvgIpc) is 3.15. The van der Waals surface area contributed by atoms with Gasteiger partial charge in [0.05, 0.1) is 12.5 Å². The van der Waals surface area contributed by atoms with Gasteiger partial charge in [0.25, 0.3) is 0 Å². The van der Waals surface area contributed by atoms with E-state index >= 15 is 0 Å². The van der Waals surface area contributed by atoms with Gasteiger partial charge in [-0.3, -0.25) is 9.78 Å². The molecule has 33 heavy (non-hydrogen) atoms. The lowest BCUT2D eigenvalue weighted by atomic mass is 9.98. The second-order valence-electron chi connectivity index (χ2n) is 8.07. The van der Waals surface area contributed by atoms with Gasteiger partial charge in [-0.2, -0.15) is 0 Å². The van der Waals surface area contributed by atoms with E-state index in [2.05, 4.69) is 34.6 Å². The molecule has 0 saturated carbocycles. The Balaban J connectivity index is 1.36. The van der Waals surface area contributed by atoms with E-state index in [1.54, 1.807) is 12.4 Å². The quantitative estimate of drug-likeness (QED) is 0.427. The first-order valence-corrected chi connectivity index (χ1v) is 10.8. The van der Waals surface area contributed by atoms with Crippen molar-refractivity contribution in [3.8, 4) is 11.1 Å². The molecule has 0 fully saturated rings. The molecule has 1 aliphatic carbocycles. The van der Waals surface area contributed by atoms with Gasteiger partial charge in [-0.15, -0.1) is 0 Å². The first-order chi connectivity index (χ1) is 16.1. The number of carbonyl (C=O) groups is 2. The third-order valence-corrected chi connectivity index (χ3v) is 6.09. The number of carboxylic acids is 1. The van der Waals surface area contributed by atoms with Crippen molar-refractivity contribution in [2.75, 3.05) is 6.61 Å². The largest absolute Gasteiger partial charge is 0.481 e. The molecule has 164 valence electrons. The van der Waals surface area contributed by atoms with Gasteiger partial charge in [0.15, 0.2) is 0 Å². The molecule has 3 aromatic carbocycles. The minimum Gasteiger partial charge on any atom is -0.481 e. The molecule has 1 aliphatic rings. The number of aromatic nitrogens is 1. The van der Waals surface area contributed by atoms with Gasteiger partial charge in [-0.25, -0.2) is 4.79 Å². The van der Waals surface area contributed by atoms with Gasteiger partial charge in [-0.05, 0) is 27.6 Å². The zero-order chi connectivity index (χ0) is 22.8. The molecule has 1 amide bonds. The Labute approximate surface area is 190 Å². The molecule has 1 atom stereocenters. The molecule has 0 saturated heterocycles. The van der Waals surface area contributed by atoms with Crippen LogP contribution < -0.4 is 5.32 Å². The van der Waals surface area contributed by atoms with Crippen LogP contribution in [0.1, 0.15) is 35.1 Å². The zero-order valence-corrected chi connectivity index (χ0v) is 17.8. The van der Waals surface area contributed by atoms with Gasteiger partial charge in [0.2, 0.25) is 0 Å². The lowest BCUT2D eigenvalue weighted by Gasteiger charge is -2.20. The molecular weight excluding hydrogens is 416 g/mol. The van der Waals surface area contributed by atoms with E-state index in [1.807, 2.05) is 48.5 Å². The summed E-state index contributed by atoms with van der Waals surface area (Å²) in [5, 5.41) is 13.9. The van der Waals surface area contributed by atoms with Gasteiger partial charge in [0, 0.05) is 29.3 Å². The Morgan fingerprint density at radius 2 is 1.55 bits per heavy atom. The van der Waals surface area contributed by atoms with Gasteiger partial charge >= 0.3 is 12.1 Å². The third kappa shape index (κ3) is 4.03. The Morgan fingerprint density at radius 1 is 0.909 bits per heavy atom. The Morgan fingerprint density at radius 3 is 2.24 bits per heavy atom. The van der Waals surface area contributed by atoms with Crippen LogP contribution in [0.3, 0.4) is 0 Å².